The summed E-state index contributed by atoms with van der Waals surface area (Å²) in [7, 11) is 4.12. The van der Waals surface area contributed by atoms with Crippen molar-refractivity contribution in [3.8, 4) is 0 Å². The average Bonchev–Trinajstić information content (AvgIpc) is 2.46. The number of rotatable bonds is 5. The van der Waals surface area contributed by atoms with Crippen LogP contribution < -0.4 is 10.6 Å². The fraction of sp³-hybridized carbons (Fsp3) is 0.562. The van der Waals surface area contributed by atoms with Gasteiger partial charge < -0.3 is 15.5 Å². The molecule has 0 bridgehead atoms. The summed E-state index contributed by atoms with van der Waals surface area (Å²) in [4.78, 5) is 14.3. The molecule has 2 N–H and O–H groups in total. The van der Waals surface area contributed by atoms with Crippen molar-refractivity contribution in [2.75, 3.05) is 27.2 Å². The molecule has 0 aromatic heterocycles. The second kappa shape index (κ2) is 10.8. The fourth-order valence-corrected chi connectivity index (χ4v) is 2.63. The molecule has 0 radical (unpaired) electrons. The minimum atomic E-state index is 0. The van der Waals surface area contributed by atoms with Crippen molar-refractivity contribution in [3.05, 3.63) is 35.4 Å². The summed E-state index contributed by atoms with van der Waals surface area (Å²) in [5.74, 6) is 0.307. The molecular formula is C16H27Cl2N3O. The van der Waals surface area contributed by atoms with Crippen LogP contribution in [0.25, 0.3) is 0 Å². The Labute approximate surface area is 145 Å². The van der Waals surface area contributed by atoms with E-state index in [-0.39, 0.29) is 36.6 Å². The molecule has 1 heterocycles. The summed E-state index contributed by atoms with van der Waals surface area (Å²) in [6.07, 6.45) is 2.09. The number of hydrogen-bond donors (Lipinski definition) is 2. The molecule has 1 aliphatic heterocycles. The van der Waals surface area contributed by atoms with Gasteiger partial charge in [-0.25, -0.2) is 0 Å². The summed E-state index contributed by atoms with van der Waals surface area (Å²) in [5, 5.41) is 6.37. The van der Waals surface area contributed by atoms with Crippen molar-refractivity contribution in [2.45, 2.75) is 25.9 Å². The van der Waals surface area contributed by atoms with Gasteiger partial charge in [-0.2, -0.15) is 0 Å². The van der Waals surface area contributed by atoms with Crippen LogP contribution in [0.2, 0.25) is 0 Å². The fourth-order valence-electron chi connectivity index (χ4n) is 2.63. The van der Waals surface area contributed by atoms with Crippen LogP contribution in [0.15, 0.2) is 24.3 Å². The molecule has 0 spiro atoms. The van der Waals surface area contributed by atoms with E-state index in [9.17, 15) is 4.79 Å². The van der Waals surface area contributed by atoms with Gasteiger partial charge in [-0.1, -0.05) is 24.3 Å². The summed E-state index contributed by atoms with van der Waals surface area (Å²) in [6.45, 7) is 3.37. The molecule has 126 valence electrons. The maximum atomic E-state index is 12.1. The van der Waals surface area contributed by atoms with Gasteiger partial charge in [0.25, 0.3) is 0 Å². The summed E-state index contributed by atoms with van der Waals surface area (Å²) in [6, 6.07) is 8.31. The molecule has 22 heavy (non-hydrogen) atoms. The molecule has 2 rings (SSSR count). The van der Waals surface area contributed by atoms with Crippen molar-refractivity contribution in [1.82, 2.24) is 15.5 Å². The van der Waals surface area contributed by atoms with Gasteiger partial charge in [-0.3, -0.25) is 4.79 Å². The van der Waals surface area contributed by atoms with Crippen LogP contribution in [0.4, 0.5) is 0 Å². The molecule has 1 saturated heterocycles. The van der Waals surface area contributed by atoms with Crippen LogP contribution in [-0.2, 0) is 17.9 Å². The van der Waals surface area contributed by atoms with Crippen molar-refractivity contribution in [2.24, 2.45) is 5.92 Å². The van der Waals surface area contributed by atoms with E-state index in [0.29, 0.717) is 6.54 Å². The zero-order chi connectivity index (χ0) is 14.4. The molecule has 1 fully saturated rings. The number of piperidine rings is 1. The molecule has 0 saturated carbocycles. The third-order valence-corrected chi connectivity index (χ3v) is 3.73. The summed E-state index contributed by atoms with van der Waals surface area (Å²) >= 11 is 0. The third-order valence-electron chi connectivity index (χ3n) is 3.73. The lowest BCUT2D eigenvalue weighted by molar-refractivity contribution is -0.125. The highest BCUT2D eigenvalue weighted by molar-refractivity contribution is 5.85. The predicted molar refractivity (Wildman–Crippen MR) is 95.8 cm³/mol. The maximum absolute atomic E-state index is 12.1. The first-order valence-corrected chi connectivity index (χ1v) is 7.37. The van der Waals surface area contributed by atoms with E-state index >= 15 is 0 Å². The van der Waals surface area contributed by atoms with E-state index in [1.165, 1.54) is 11.1 Å². The topological polar surface area (TPSA) is 44.4 Å². The van der Waals surface area contributed by atoms with Gasteiger partial charge in [0.1, 0.15) is 0 Å². The quantitative estimate of drug-likeness (QED) is 0.858. The van der Waals surface area contributed by atoms with Crippen LogP contribution in [-0.4, -0.2) is 38.0 Å². The van der Waals surface area contributed by atoms with Gasteiger partial charge in [0.05, 0.1) is 5.92 Å². The molecule has 1 unspecified atom stereocenters. The largest absolute Gasteiger partial charge is 0.352 e. The molecule has 1 aromatic carbocycles. The number of carbonyl (C=O) groups excluding carboxylic acids is 1. The standard InChI is InChI=1S/C16H25N3O.2ClH/c1-19(2)12-15-7-4-3-6-13(15)11-18-16(20)14-8-5-9-17-10-14;;/h3-4,6-7,14,17H,5,8-12H2,1-2H3,(H,18,20);2*1H. The zero-order valence-electron chi connectivity index (χ0n) is 13.3. The Hall–Kier alpha value is -0.810. The minimum absolute atomic E-state index is 0. The van der Waals surface area contributed by atoms with E-state index in [1.807, 2.05) is 6.07 Å². The number of benzene rings is 1. The molecule has 6 heteroatoms. The van der Waals surface area contributed by atoms with Crippen LogP contribution in [0.5, 0.6) is 0 Å². The highest BCUT2D eigenvalue weighted by Crippen LogP contribution is 2.13. The van der Waals surface area contributed by atoms with Gasteiger partial charge >= 0.3 is 0 Å². The average molecular weight is 348 g/mol. The maximum Gasteiger partial charge on any atom is 0.224 e. The predicted octanol–water partition coefficient (Wildman–Crippen LogP) is 2.21. The van der Waals surface area contributed by atoms with Gasteiger partial charge in [0.2, 0.25) is 5.91 Å². The Morgan fingerprint density at radius 1 is 1.27 bits per heavy atom. The first-order chi connectivity index (χ1) is 9.66. The Balaban J connectivity index is 0.00000220. The van der Waals surface area contributed by atoms with E-state index in [1.54, 1.807) is 0 Å². The molecule has 1 aromatic rings. The van der Waals surface area contributed by atoms with Gasteiger partial charge in [0, 0.05) is 19.6 Å². The normalized spacial score (nSPS) is 17.3. The summed E-state index contributed by atoms with van der Waals surface area (Å²) in [5.41, 5.74) is 2.48. The molecule has 1 amide bonds. The second-order valence-electron chi connectivity index (χ2n) is 5.77. The Morgan fingerprint density at radius 3 is 2.55 bits per heavy atom. The first kappa shape index (κ1) is 21.2. The monoisotopic (exact) mass is 347 g/mol. The van der Waals surface area contributed by atoms with E-state index in [0.717, 1.165) is 32.5 Å². The smallest absolute Gasteiger partial charge is 0.224 e. The van der Waals surface area contributed by atoms with Gasteiger partial charge in [0.15, 0.2) is 0 Å². The zero-order valence-corrected chi connectivity index (χ0v) is 14.9. The van der Waals surface area contributed by atoms with Crippen molar-refractivity contribution < 1.29 is 4.79 Å². The number of nitrogens with zero attached hydrogens (tertiary/aromatic N) is 1. The van der Waals surface area contributed by atoms with Gasteiger partial charge in [-0.15, -0.1) is 24.8 Å². The number of nitrogens with one attached hydrogen (secondary N) is 2. The SMILES string of the molecule is CN(C)Cc1ccccc1CNC(=O)C1CCCNC1.Cl.Cl. The summed E-state index contributed by atoms with van der Waals surface area (Å²) < 4.78 is 0. The number of carbonyl (C=O) groups is 1. The highest BCUT2D eigenvalue weighted by Gasteiger charge is 2.20. The molecule has 1 atom stereocenters. The number of halogens is 2. The second-order valence-corrected chi connectivity index (χ2v) is 5.77. The lowest BCUT2D eigenvalue weighted by Crippen LogP contribution is -2.40. The van der Waals surface area contributed by atoms with E-state index in [2.05, 4.69) is 47.8 Å². The molecular weight excluding hydrogens is 321 g/mol. The Bertz CT molecular complexity index is 449. The van der Waals surface area contributed by atoms with Gasteiger partial charge in [-0.05, 0) is 44.6 Å². The lowest BCUT2D eigenvalue weighted by Gasteiger charge is -2.22. The van der Waals surface area contributed by atoms with E-state index in [4.69, 9.17) is 0 Å². The van der Waals surface area contributed by atoms with Crippen molar-refractivity contribution in [3.63, 3.8) is 0 Å². The number of amides is 1. The molecule has 1 aliphatic rings. The van der Waals surface area contributed by atoms with Crippen LogP contribution >= 0.6 is 24.8 Å². The molecule has 4 nitrogen and oxygen atoms in total. The Kier molecular flexibility index (Phi) is 10.4. The minimum Gasteiger partial charge on any atom is -0.352 e. The first-order valence-electron chi connectivity index (χ1n) is 7.37. The van der Waals surface area contributed by atoms with Crippen LogP contribution in [0.3, 0.4) is 0 Å². The van der Waals surface area contributed by atoms with Crippen LogP contribution in [0, 0.1) is 5.92 Å². The highest BCUT2D eigenvalue weighted by atomic mass is 35.5. The van der Waals surface area contributed by atoms with Crippen molar-refractivity contribution in [1.29, 1.82) is 0 Å². The Morgan fingerprint density at radius 2 is 1.95 bits per heavy atom. The number of hydrogen-bond acceptors (Lipinski definition) is 3. The lowest BCUT2D eigenvalue weighted by atomic mass is 9.98. The molecule has 0 aliphatic carbocycles. The third kappa shape index (κ3) is 6.53. The van der Waals surface area contributed by atoms with Crippen LogP contribution in [0.1, 0.15) is 24.0 Å². The van der Waals surface area contributed by atoms with E-state index < -0.39 is 0 Å². The van der Waals surface area contributed by atoms with Crippen molar-refractivity contribution >= 4 is 30.7 Å².